The standard InChI is InChI=1S/C23H29N3O4S/c1-16-11-12-19(15-17(16)2)26(31(4,29)30)18(3)22(27)24-21-10-6-5-9-20(21)23(28)25-13-7-8-14-25/h5-6,9-12,15,18H,7-8,13-14H2,1-4H3,(H,24,27)/t18-/m1/s1. The van der Waals surface area contributed by atoms with Crippen LogP contribution < -0.4 is 9.62 Å². The summed E-state index contributed by atoms with van der Waals surface area (Å²) in [5.74, 6) is -0.638. The molecule has 0 spiro atoms. The van der Waals surface area contributed by atoms with Crippen LogP contribution >= 0.6 is 0 Å². The van der Waals surface area contributed by atoms with Crippen LogP contribution in [0.3, 0.4) is 0 Å². The van der Waals surface area contributed by atoms with Crippen molar-refractivity contribution in [1.29, 1.82) is 0 Å². The van der Waals surface area contributed by atoms with Gasteiger partial charge in [0.2, 0.25) is 15.9 Å². The predicted molar refractivity (Wildman–Crippen MR) is 123 cm³/mol. The van der Waals surface area contributed by atoms with Crippen molar-refractivity contribution in [2.24, 2.45) is 0 Å². The summed E-state index contributed by atoms with van der Waals surface area (Å²) in [6.07, 6.45) is 3.02. The van der Waals surface area contributed by atoms with Gasteiger partial charge in [-0.15, -0.1) is 0 Å². The summed E-state index contributed by atoms with van der Waals surface area (Å²) in [5, 5.41) is 2.77. The van der Waals surface area contributed by atoms with Gasteiger partial charge in [0.05, 0.1) is 23.2 Å². The number of aryl methyl sites for hydroxylation is 2. The van der Waals surface area contributed by atoms with Crippen molar-refractivity contribution < 1.29 is 18.0 Å². The molecule has 3 rings (SSSR count). The number of para-hydroxylation sites is 1. The molecule has 0 radical (unpaired) electrons. The van der Waals surface area contributed by atoms with Crippen molar-refractivity contribution >= 4 is 33.2 Å². The fraction of sp³-hybridized carbons (Fsp3) is 0.391. The lowest BCUT2D eigenvalue weighted by atomic mass is 10.1. The van der Waals surface area contributed by atoms with E-state index in [9.17, 15) is 18.0 Å². The van der Waals surface area contributed by atoms with Crippen LogP contribution in [0, 0.1) is 13.8 Å². The van der Waals surface area contributed by atoms with E-state index in [4.69, 9.17) is 0 Å². The third kappa shape index (κ3) is 5.07. The molecule has 7 nitrogen and oxygen atoms in total. The highest BCUT2D eigenvalue weighted by molar-refractivity contribution is 7.92. The van der Waals surface area contributed by atoms with Crippen molar-refractivity contribution in [1.82, 2.24) is 4.90 Å². The molecule has 0 aliphatic carbocycles. The van der Waals surface area contributed by atoms with Crippen molar-refractivity contribution in [3.63, 3.8) is 0 Å². The normalized spacial score (nSPS) is 14.9. The Bertz CT molecular complexity index is 1090. The molecule has 1 aliphatic rings. The number of amides is 2. The third-order valence-corrected chi connectivity index (χ3v) is 6.88. The maximum absolute atomic E-state index is 13.1. The number of likely N-dealkylation sites (tertiary alicyclic amines) is 1. The van der Waals surface area contributed by atoms with Gasteiger partial charge in [-0.05, 0) is 69.0 Å². The number of carbonyl (C=O) groups is 2. The number of nitrogens with one attached hydrogen (secondary N) is 1. The Kier molecular flexibility index (Phi) is 6.69. The first-order valence-electron chi connectivity index (χ1n) is 10.4. The molecule has 0 saturated carbocycles. The average molecular weight is 444 g/mol. The molecule has 1 saturated heterocycles. The Hall–Kier alpha value is -2.87. The number of sulfonamides is 1. The van der Waals surface area contributed by atoms with Crippen LogP contribution in [0.1, 0.15) is 41.3 Å². The van der Waals surface area contributed by atoms with Crippen LogP contribution in [-0.2, 0) is 14.8 Å². The molecule has 2 aromatic rings. The smallest absolute Gasteiger partial charge is 0.255 e. The van der Waals surface area contributed by atoms with E-state index in [1.54, 1.807) is 41.3 Å². The molecule has 31 heavy (non-hydrogen) atoms. The monoisotopic (exact) mass is 443 g/mol. The molecule has 1 fully saturated rings. The molecule has 0 aromatic heterocycles. The maximum atomic E-state index is 13.1. The van der Waals surface area contributed by atoms with E-state index in [2.05, 4.69) is 5.32 Å². The van der Waals surface area contributed by atoms with Gasteiger partial charge in [0.25, 0.3) is 5.91 Å². The topological polar surface area (TPSA) is 86.8 Å². The molecule has 1 N–H and O–H groups in total. The second kappa shape index (κ2) is 9.09. The van der Waals surface area contributed by atoms with E-state index >= 15 is 0 Å². The Labute approximate surface area is 184 Å². The third-order valence-electron chi connectivity index (χ3n) is 5.64. The molecule has 166 valence electrons. The van der Waals surface area contributed by atoms with Gasteiger partial charge in [-0.1, -0.05) is 18.2 Å². The van der Waals surface area contributed by atoms with Gasteiger partial charge in [0, 0.05) is 13.1 Å². The van der Waals surface area contributed by atoms with E-state index < -0.39 is 22.0 Å². The summed E-state index contributed by atoms with van der Waals surface area (Å²) in [4.78, 5) is 27.7. The SMILES string of the molecule is Cc1ccc(N([C@H](C)C(=O)Nc2ccccc2C(=O)N2CCCC2)S(C)(=O)=O)cc1C. The highest BCUT2D eigenvalue weighted by atomic mass is 32.2. The number of anilines is 2. The lowest BCUT2D eigenvalue weighted by molar-refractivity contribution is -0.116. The summed E-state index contributed by atoms with van der Waals surface area (Å²) >= 11 is 0. The highest BCUT2D eigenvalue weighted by Crippen LogP contribution is 2.25. The molecule has 2 aromatic carbocycles. The fourth-order valence-electron chi connectivity index (χ4n) is 3.78. The summed E-state index contributed by atoms with van der Waals surface area (Å²) in [7, 11) is -3.73. The minimum atomic E-state index is -3.73. The van der Waals surface area contributed by atoms with Crippen molar-refractivity contribution in [3.05, 3.63) is 59.2 Å². The van der Waals surface area contributed by atoms with Gasteiger partial charge in [0.15, 0.2) is 0 Å². The van der Waals surface area contributed by atoms with Crippen LogP contribution in [-0.4, -0.2) is 50.5 Å². The number of hydrogen-bond acceptors (Lipinski definition) is 4. The first-order valence-corrected chi connectivity index (χ1v) is 12.2. The van der Waals surface area contributed by atoms with Gasteiger partial charge in [-0.25, -0.2) is 8.42 Å². The molecular weight excluding hydrogens is 414 g/mol. The zero-order chi connectivity index (χ0) is 22.8. The Morgan fingerprint density at radius 3 is 2.29 bits per heavy atom. The molecule has 8 heteroatoms. The van der Waals surface area contributed by atoms with E-state index in [1.807, 2.05) is 19.9 Å². The Morgan fingerprint density at radius 2 is 1.68 bits per heavy atom. The maximum Gasteiger partial charge on any atom is 0.255 e. The van der Waals surface area contributed by atoms with Gasteiger partial charge in [0.1, 0.15) is 6.04 Å². The summed E-state index contributed by atoms with van der Waals surface area (Å²) in [6, 6.07) is 11.1. The van der Waals surface area contributed by atoms with Crippen LogP contribution in [0.4, 0.5) is 11.4 Å². The summed E-state index contributed by atoms with van der Waals surface area (Å²) in [6.45, 7) is 6.77. The minimum absolute atomic E-state index is 0.129. The molecule has 1 atom stereocenters. The zero-order valence-corrected chi connectivity index (χ0v) is 19.2. The molecular formula is C23H29N3O4S. The van der Waals surface area contributed by atoms with Crippen molar-refractivity contribution in [2.75, 3.05) is 29.0 Å². The highest BCUT2D eigenvalue weighted by Gasteiger charge is 2.30. The Morgan fingerprint density at radius 1 is 1.03 bits per heavy atom. The largest absolute Gasteiger partial charge is 0.339 e. The summed E-state index contributed by atoms with van der Waals surface area (Å²) in [5.41, 5.74) is 3.17. The van der Waals surface area contributed by atoms with E-state index in [0.717, 1.165) is 34.5 Å². The second-order valence-electron chi connectivity index (χ2n) is 8.04. The van der Waals surface area contributed by atoms with Crippen LogP contribution in [0.25, 0.3) is 0 Å². The first kappa shape index (κ1) is 22.8. The van der Waals surface area contributed by atoms with E-state index in [-0.39, 0.29) is 5.91 Å². The fourth-order valence-corrected chi connectivity index (χ4v) is 4.94. The average Bonchev–Trinajstić information content (AvgIpc) is 3.24. The van der Waals surface area contributed by atoms with Crippen molar-refractivity contribution in [3.8, 4) is 0 Å². The first-order chi connectivity index (χ1) is 14.6. The number of benzene rings is 2. The number of rotatable bonds is 6. The summed E-state index contributed by atoms with van der Waals surface area (Å²) < 4.78 is 26.2. The van der Waals surface area contributed by atoms with Gasteiger partial charge in [-0.3, -0.25) is 13.9 Å². The predicted octanol–water partition coefficient (Wildman–Crippen LogP) is 3.33. The number of hydrogen-bond donors (Lipinski definition) is 1. The van der Waals surface area contributed by atoms with Crippen molar-refractivity contribution in [2.45, 2.75) is 39.7 Å². The Balaban J connectivity index is 1.88. The van der Waals surface area contributed by atoms with Gasteiger partial charge < -0.3 is 10.2 Å². The van der Waals surface area contributed by atoms with Gasteiger partial charge in [-0.2, -0.15) is 0 Å². The lowest BCUT2D eigenvalue weighted by Gasteiger charge is -2.29. The zero-order valence-electron chi connectivity index (χ0n) is 18.4. The molecule has 2 amide bonds. The van der Waals surface area contributed by atoms with E-state index in [0.29, 0.717) is 30.0 Å². The number of nitrogens with zero attached hydrogens (tertiary/aromatic N) is 2. The molecule has 1 aliphatic heterocycles. The minimum Gasteiger partial charge on any atom is -0.339 e. The van der Waals surface area contributed by atoms with Crippen LogP contribution in [0.2, 0.25) is 0 Å². The lowest BCUT2D eigenvalue weighted by Crippen LogP contribution is -2.45. The second-order valence-corrected chi connectivity index (χ2v) is 9.90. The molecule has 0 bridgehead atoms. The van der Waals surface area contributed by atoms with Gasteiger partial charge >= 0.3 is 0 Å². The molecule has 1 heterocycles. The number of carbonyl (C=O) groups excluding carboxylic acids is 2. The molecule has 0 unspecified atom stereocenters. The van der Waals surface area contributed by atoms with Crippen LogP contribution in [0.15, 0.2) is 42.5 Å². The quantitative estimate of drug-likeness (QED) is 0.742. The van der Waals surface area contributed by atoms with E-state index in [1.165, 1.54) is 6.92 Å². The van der Waals surface area contributed by atoms with Crippen LogP contribution in [0.5, 0.6) is 0 Å².